The normalized spacial score (nSPS) is 11.3. The Balaban J connectivity index is 2.78. The molecule has 1 atom stereocenters. The molecule has 0 aliphatic heterocycles. The number of aliphatic carboxylic acids is 1. The van der Waals surface area contributed by atoms with Crippen molar-refractivity contribution in [2.45, 2.75) is 12.5 Å². The van der Waals surface area contributed by atoms with Crippen LogP contribution < -0.4 is 21.1 Å². The van der Waals surface area contributed by atoms with Crippen LogP contribution in [-0.2, 0) is 9.59 Å². The van der Waals surface area contributed by atoms with Crippen LogP contribution in [0.1, 0.15) is 6.42 Å². The first-order chi connectivity index (χ1) is 9.83. The standard InChI is InChI=1S/C12H14ClN3O5/c1-21-9-3-2-6(13)4-7(9)15-12(20)16-8(11(18)19)5-10(14)17/h2-4,8H,5H2,1H3,(H2,14,17)(H,18,19)(H2,15,16,20)/t8-/m0/s1. The lowest BCUT2D eigenvalue weighted by Gasteiger charge is -2.15. The van der Waals surface area contributed by atoms with Crippen LogP contribution in [0.4, 0.5) is 10.5 Å². The van der Waals surface area contributed by atoms with Gasteiger partial charge in [0.1, 0.15) is 11.8 Å². The first-order valence-corrected chi connectivity index (χ1v) is 6.13. The van der Waals surface area contributed by atoms with Gasteiger partial charge in [-0.2, -0.15) is 0 Å². The van der Waals surface area contributed by atoms with E-state index in [2.05, 4.69) is 10.6 Å². The van der Waals surface area contributed by atoms with Crippen LogP contribution >= 0.6 is 11.6 Å². The largest absolute Gasteiger partial charge is 0.495 e. The molecule has 1 aromatic carbocycles. The lowest BCUT2D eigenvalue weighted by Crippen LogP contribution is -2.45. The Morgan fingerprint density at radius 2 is 2.10 bits per heavy atom. The highest BCUT2D eigenvalue weighted by molar-refractivity contribution is 6.31. The van der Waals surface area contributed by atoms with Crippen molar-refractivity contribution in [3.05, 3.63) is 23.2 Å². The van der Waals surface area contributed by atoms with Gasteiger partial charge in [0.15, 0.2) is 0 Å². The number of carbonyl (C=O) groups is 3. The molecular formula is C12H14ClN3O5. The topological polar surface area (TPSA) is 131 Å². The molecule has 21 heavy (non-hydrogen) atoms. The van der Waals surface area contributed by atoms with E-state index in [4.69, 9.17) is 27.2 Å². The summed E-state index contributed by atoms with van der Waals surface area (Å²) in [5, 5.41) is 13.7. The van der Waals surface area contributed by atoms with Gasteiger partial charge in [0, 0.05) is 5.02 Å². The van der Waals surface area contributed by atoms with Crippen LogP contribution in [0.25, 0.3) is 0 Å². The fraction of sp³-hybridized carbons (Fsp3) is 0.250. The zero-order valence-corrected chi connectivity index (χ0v) is 11.8. The summed E-state index contributed by atoms with van der Waals surface area (Å²) in [6.07, 6.45) is -0.518. The van der Waals surface area contributed by atoms with Crippen LogP contribution in [0.5, 0.6) is 5.75 Å². The molecule has 0 bridgehead atoms. The molecule has 5 N–H and O–H groups in total. The number of carboxylic acid groups (broad SMARTS) is 1. The fourth-order valence-electron chi connectivity index (χ4n) is 1.50. The Morgan fingerprint density at radius 1 is 1.43 bits per heavy atom. The first kappa shape index (κ1) is 16.6. The number of nitrogens with two attached hydrogens (primary N) is 1. The molecule has 0 spiro atoms. The summed E-state index contributed by atoms with van der Waals surface area (Å²) in [7, 11) is 1.40. The smallest absolute Gasteiger partial charge is 0.326 e. The van der Waals surface area contributed by atoms with E-state index < -0.39 is 30.4 Å². The molecule has 0 unspecified atom stereocenters. The molecule has 0 saturated heterocycles. The van der Waals surface area contributed by atoms with E-state index in [0.29, 0.717) is 10.8 Å². The average Bonchev–Trinajstić information content (AvgIpc) is 2.37. The third kappa shape index (κ3) is 5.19. The number of primary amides is 1. The predicted molar refractivity (Wildman–Crippen MR) is 75.4 cm³/mol. The molecule has 1 aromatic rings. The molecule has 1 rings (SSSR count). The number of rotatable bonds is 6. The van der Waals surface area contributed by atoms with Crippen molar-refractivity contribution in [2.75, 3.05) is 12.4 Å². The summed E-state index contributed by atoms with van der Waals surface area (Å²) in [5.41, 5.74) is 5.17. The second-order valence-corrected chi connectivity index (χ2v) is 4.44. The molecule has 0 fully saturated rings. The van der Waals surface area contributed by atoms with E-state index in [-0.39, 0.29) is 5.69 Å². The Kier molecular flexibility index (Phi) is 5.79. The second kappa shape index (κ2) is 7.34. The third-order valence-corrected chi connectivity index (χ3v) is 2.65. The molecule has 0 saturated carbocycles. The van der Waals surface area contributed by atoms with Gasteiger partial charge in [-0.05, 0) is 18.2 Å². The second-order valence-electron chi connectivity index (χ2n) is 4.00. The van der Waals surface area contributed by atoms with Gasteiger partial charge in [0.05, 0.1) is 19.2 Å². The number of nitrogens with one attached hydrogen (secondary N) is 2. The van der Waals surface area contributed by atoms with Gasteiger partial charge in [0.2, 0.25) is 5.91 Å². The van der Waals surface area contributed by atoms with Gasteiger partial charge in [-0.3, -0.25) is 4.79 Å². The molecule has 114 valence electrons. The molecule has 0 aliphatic rings. The highest BCUT2D eigenvalue weighted by Gasteiger charge is 2.22. The van der Waals surface area contributed by atoms with E-state index in [1.807, 2.05) is 0 Å². The summed E-state index contributed by atoms with van der Waals surface area (Å²) in [5.74, 6) is -1.87. The minimum atomic E-state index is -1.42. The lowest BCUT2D eigenvalue weighted by atomic mass is 10.2. The van der Waals surface area contributed by atoms with E-state index in [1.165, 1.54) is 19.2 Å². The quantitative estimate of drug-likeness (QED) is 0.616. The van der Waals surface area contributed by atoms with Gasteiger partial charge in [-0.25, -0.2) is 9.59 Å². The summed E-state index contributed by atoms with van der Waals surface area (Å²) in [6, 6.07) is 2.29. The maximum Gasteiger partial charge on any atom is 0.326 e. The molecule has 0 heterocycles. The average molecular weight is 316 g/mol. The number of anilines is 1. The van der Waals surface area contributed by atoms with Gasteiger partial charge in [-0.1, -0.05) is 11.6 Å². The Labute approximate surface area is 125 Å². The molecule has 9 heteroatoms. The number of hydrogen-bond acceptors (Lipinski definition) is 4. The van der Waals surface area contributed by atoms with Crippen LogP contribution in [0, 0.1) is 0 Å². The minimum absolute atomic E-state index is 0.255. The highest BCUT2D eigenvalue weighted by atomic mass is 35.5. The Hall–Kier alpha value is -2.48. The van der Waals surface area contributed by atoms with Crippen molar-refractivity contribution in [1.29, 1.82) is 0 Å². The molecular weight excluding hydrogens is 302 g/mol. The number of carboxylic acids is 1. The van der Waals surface area contributed by atoms with Gasteiger partial charge >= 0.3 is 12.0 Å². The van der Waals surface area contributed by atoms with Crippen molar-refractivity contribution in [3.63, 3.8) is 0 Å². The molecule has 3 amide bonds. The Bertz CT molecular complexity index is 564. The number of benzene rings is 1. The van der Waals surface area contributed by atoms with Crippen LogP contribution in [-0.4, -0.2) is 36.2 Å². The van der Waals surface area contributed by atoms with E-state index in [9.17, 15) is 14.4 Å². The molecule has 0 aromatic heterocycles. The molecule has 8 nitrogen and oxygen atoms in total. The Morgan fingerprint density at radius 3 is 2.62 bits per heavy atom. The molecule has 0 aliphatic carbocycles. The van der Waals surface area contributed by atoms with Crippen molar-refractivity contribution in [2.24, 2.45) is 5.73 Å². The first-order valence-electron chi connectivity index (χ1n) is 5.75. The van der Waals surface area contributed by atoms with Crippen LogP contribution in [0.3, 0.4) is 0 Å². The van der Waals surface area contributed by atoms with Crippen molar-refractivity contribution >= 4 is 35.2 Å². The highest BCUT2D eigenvalue weighted by Crippen LogP contribution is 2.27. The SMILES string of the molecule is COc1ccc(Cl)cc1NC(=O)N[C@@H](CC(N)=O)C(=O)O. The number of methoxy groups -OCH3 is 1. The van der Waals surface area contributed by atoms with Gasteiger partial charge in [0.25, 0.3) is 0 Å². The lowest BCUT2D eigenvalue weighted by molar-refractivity contribution is -0.140. The van der Waals surface area contributed by atoms with Crippen molar-refractivity contribution in [1.82, 2.24) is 5.32 Å². The summed E-state index contributed by atoms with van der Waals surface area (Å²) in [6.45, 7) is 0. The van der Waals surface area contributed by atoms with Crippen molar-refractivity contribution in [3.8, 4) is 5.75 Å². The summed E-state index contributed by atoms with van der Waals surface area (Å²) < 4.78 is 5.03. The zero-order chi connectivity index (χ0) is 16.0. The predicted octanol–water partition coefficient (Wildman–Crippen LogP) is 0.799. The number of urea groups is 1. The number of ether oxygens (including phenoxy) is 1. The van der Waals surface area contributed by atoms with Gasteiger partial charge < -0.3 is 26.2 Å². The minimum Gasteiger partial charge on any atom is -0.495 e. The third-order valence-electron chi connectivity index (χ3n) is 2.42. The van der Waals surface area contributed by atoms with Crippen LogP contribution in [0.2, 0.25) is 5.02 Å². The number of amides is 3. The maximum absolute atomic E-state index is 11.8. The molecule has 0 radical (unpaired) electrons. The van der Waals surface area contributed by atoms with Gasteiger partial charge in [-0.15, -0.1) is 0 Å². The number of hydrogen-bond donors (Lipinski definition) is 4. The summed E-state index contributed by atoms with van der Waals surface area (Å²) in [4.78, 5) is 33.4. The maximum atomic E-state index is 11.8. The van der Waals surface area contributed by atoms with Crippen LogP contribution in [0.15, 0.2) is 18.2 Å². The monoisotopic (exact) mass is 315 g/mol. The summed E-state index contributed by atoms with van der Waals surface area (Å²) >= 11 is 5.80. The van der Waals surface area contributed by atoms with E-state index in [0.717, 1.165) is 0 Å². The van der Waals surface area contributed by atoms with E-state index in [1.54, 1.807) is 6.07 Å². The number of halogens is 1. The number of carbonyl (C=O) groups excluding carboxylic acids is 2. The fourth-order valence-corrected chi connectivity index (χ4v) is 1.67. The zero-order valence-electron chi connectivity index (χ0n) is 11.1. The van der Waals surface area contributed by atoms with Crippen molar-refractivity contribution < 1.29 is 24.2 Å². The van der Waals surface area contributed by atoms with E-state index >= 15 is 0 Å².